The van der Waals surface area contributed by atoms with Crippen molar-refractivity contribution in [2.24, 2.45) is 4.99 Å². The first-order valence-corrected chi connectivity index (χ1v) is 8.08. The highest BCUT2D eigenvalue weighted by Gasteiger charge is 2.05. The molecule has 2 aromatic carbocycles. The zero-order valence-electron chi connectivity index (χ0n) is 11.7. The molecule has 0 saturated heterocycles. The summed E-state index contributed by atoms with van der Waals surface area (Å²) in [6, 6.07) is 13.2. The number of phenolic OH excluding ortho intramolecular Hbond substituents is 1. The Kier molecular flexibility index (Phi) is 4.31. The number of benzene rings is 2. The van der Waals surface area contributed by atoms with Crippen LogP contribution in [0.4, 0.5) is 5.69 Å². The van der Waals surface area contributed by atoms with E-state index in [4.69, 9.17) is 11.6 Å². The van der Waals surface area contributed by atoms with Crippen molar-refractivity contribution in [3.05, 3.63) is 62.3 Å². The number of aliphatic imine (C=N–C) groups is 1. The molecule has 0 amide bonds. The summed E-state index contributed by atoms with van der Waals surface area (Å²) in [6.07, 6.45) is 1.62. The average molecular weight is 423 g/mol. The van der Waals surface area contributed by atoms with Crippen LogP contribution in [0.15, 0.2) is 47.5 Å². The Morgan fingerprint density at radius 2 is 2.00 bits per heavy atom. The topological polar surface area (TPSA) is 45.5 Å². The van der Waals surface area contributed by atoms with Gasteiger partial charge in [-0.05, 0) is 65.9 Å². The lowest BCUT2D eigenvalue weighted by Crippen LogP contribution is -1.86. The highest BCUT2D eigenvalue weighted by molar-refractivity contribution is 14.1. The van der Waals surface area contributed by atoms with E-state index in [9.17, 15) is 5.11 Å². The number of hydrogen-bond donors (Lipinski definition) is 1. The minimum absolute atomic E-state index is 0.187. The largest absolute Gasteiger partial charge is 0.506 e. The van der Waals surface area contributed by atoms with Crippen LogP contribution in [0.1, 0.15) is 11.3 Å². The molecule has 0 unspecified atom stereocenters. The Morgan fingerprint density at radius 1 is 1.18 bits per heavy atom. The first kappa shape index (κ1) is 15.2. The van der Waals surface area contributed by atoms with Crippen LogP contribution in [0.5, 0.6) is 5.75 Å². The van der Waals surface area contributed by atoms with Crippen LogP contribution in [0.25, 0.3) is 10.9 Å². The minimum atomic E-state index is 0.187. The molecule has 0 bridgehead atoms. The number of hydrogen-bond acceptors (Lipinski definition) is 3. The van der Waals surface area contributed by atoms with Gasteiger partial charge >= 0.3 is 0 Å². The number of halogens is 2. The zero-order chi connectivity index (χ0) is 15.7. The molecular weight excluding hydrogens is 411 g/mol. The van der Waals surface area contributed by atoms with Crippen LogP contribution >= 0.6 is 34.2 Å². The van der Waals surface area contributed by atoms with Crippen molar-refractivity contribution >= 4 is 57.0 Å². The molecule has 1 aromatic heterocycles. The first-order valence-electron chi connectivity index (χ1n) is 6.62. The Bertz CT molecular complexity index is 893. The van der Waals surface area contributed by atoms with Crippen LogP contribution in [-0.2, 0) is 0 Å². The van der Waals surface area contributed by atoms with E-state index in [2.05, 4.69) is 9.98 Å². The van der Waals surface area contributed by atoms with Crippen molar-refractivity contribution < 1.29 is 5.11 Å². The number of fused-ring (bicyclic) bond motifs is 1. The normalized spacial score (nSPS) is 11.4. The number of aromatic nitrogens is 1. The number of aromatic hydroxyl groups is 1. The van der Waals surface area contributed by atoms with Gasteiger partial charge in [-0.2, -0.15) is 0 Å². The molecule has 3 rings (SSSR count). The molecule has 3 nitrogen and oxygen atoms in total. The number of nitrogens with zero attached hydrogens (tertiary/aromatic N) is 2. The maximum absolute atomic E-state index is 10.0. The lowest BCUT2D eigenvalue weighted by atomic mass is 10.2. The Hall–Kier alpha value is -1.66. The van der Waals surface area contributed by atoms with E-state index >= 15 is 0 Å². The number of phenols is 1. The zero-order valence-corrected chi connectivity index (χ0v) is 14.6. The summed E-state index contributed by atoms with van der Waals surface area (Å²) in [5.41, 5.74) is 3.33. The van der Waals surface area contributed by atoms with Crippen molar-refractivity contribution in [1.82, 2.24) is 4.98 Å². The van der Waals surface area contributed by atoms with Gasteiger partial charge in [0.25, 0.3) is 0 Å². The van der Waals surface area contributed by atoms with Crippen LogP contribution < -0.4 is 0 Å². The maximum Gasteiger partial charge on any atom is 0.137 e. The van der Waals surface area contributed by atoms with Crippen LogP contribution in [-0.4, -0.2) is 16.3 Å². The van der Waals surface area contributed by atoms with Gasteiger partial charge in [0.1, 0.15) is 5.75 Å². The maximum atomic E-state index is 10.0. The van der Waals surface area contributed by atoms with Gasteiger partial charge in [0, 0.05) is 27.9 Å². The molecule has 0 aliphatic rings. The third-order valence-electron chi connectivity index (χ3n) is 3.22. The van der Waals surface area contributed by atoms with Gasteiger partial charge < -0.3 is 5.11 Å². The predicted octanol–water partition coefficient (Wildman–Crippen LogP) is 5.26. The first-order chi connectivity index (χ1) is 10.5. The molecule has 22 heavy (non-hydrogen) atoms. The highest BCUT2D eigenvalue weighted by atomic mass is 127. The molecule has 5 heteroatoms. The molecule has 1 heterocycles. The Labute approximate surface area is 146 Å². The molecule has 0 atom stereocenters. The van der Waals surface area contributed by atoms with Gasteiger partial charge in [0.05, 0.1) is 14.8 Å². The average Bonchev–Trinajstić information content (AvgIpc) is 2.49. The van der Waals surface area contributed by atoms with Gasteiger partial charge in [0.15, 0.2) is 0 Å². The molecule has 0 fully saturated rings. The number of rotatable bonds is 2. The molecular formula is C17H12ClIN2O. The van der Waals surface area contributed by atoms with Gasteiger partial charge in [-0.25, -0.2) is 0 Å². The Morgan fingerprint density at radius 3 is 2.82 bits per heavy atom. The van der Waals surface area contributed by atoms with E-state index in [-0.39, 0.29) is 5.75 Å². The van der Waals surface area contributed by atoms with Crippen molar-refractivity contribution in [3.8, 4) is 5.75 Å². The van der Waals surface area contributed by atoms with E-state index in [1.54, 1.807) is 18.3 Å². The van der Waals surface area contributed by atoms with Gasteiger partial charge in [-0.15, -0.1) is 0 Å². The van der Waals surface area contributed by atoms with E-state index in [1.165, 1.54) is 0 Å². The molecule has 0 radical (unpaired) electrons. The quantitative estimate of drug-likeness (QED) is 0.452. The third-order valence-corrected chi connectivity index (χ3v) is 4.26. The lowest BCUT2D eigenvalue weighted by Gasteiger charge is -2.03. The second-order valence-electron chi connectivity index (χ2n) is 4.91. The summed E-state index contributed by atoms with van der Waals surface area (Å²) in [5.74, 6) is 0.187. The fraction of sp³-hybridized carbons (Fsp3) is 0.0588. The summed E-state index contributed by atoms with van der Waals surface area (Å²) in [7, 11) is 0. The lowest BCUT2D eigenvalue weighted by molar-refractivity contribution is 0.470. The SMILES string of the molecule is Cc1ccc2cc(N=Cc3cc(Cl)cc(I)c3O)ccc2n1. The van der Waals surface area contributed by atoms with E-state index < -0.39 is 0 Å². The molecule has 0 spiro atoms. The third kappa shape index (κ3) is 3.23. The van der Waals surface area contributed by atoms with Crippen LogP contribution in [0.3, 0.4) is 0 Å². The smallest absolute Gasteiger partial charge is 0.137 e. The van der Waals surface area contributed by atoms with E-state index in [0.29, 0.717) is 14.2 Å². The molecule has 0 aliphatic heterocycles. The van der Waals surface area contributed by atoms with Gasteiger partial charge in [-0.3, -0.25) is 9.98 Å². The van der Waals surface area contributed by atoms with Crippen molar-refractivity contribution in [1.29, 1.82) is 0 Å². The van der Waals surface area contributed by atoms with Crippen LogP contribution in [0, 0.1) is 10.5 Å². The molecule has 0 saturated carbocycles. The number of aryl methyl sites for hydroxylation is 1. The molecule has 0 aliphatic carbocycles. The second kappa shape index (κ2) is 6.22. The minimum Gasteiger partial charge on any atom is -0.506 e. The summed E-state index contributed by atoms with van der Waals surface area (Å²) < 4.78 is 0.699. The molecule has 3 aromatic rings. The fourth-order valence-corrected chi connectivity index (χ4v) is 3.18. The van der Waals surface area contributed by atoms with E-state index in [0.717, 1.165) is 22.3 Å². The fourth-order valence-electron chi connectivity index (χ4n) is 2.12. The van der Waals surface area contributed by atoms with Gasteiger partial charge in [0.2, 0.25) is 0 Å². The summed E-state index contributed by atoms with van der Waals surface area (Å²) in [5, 5.41) is 11.6. The highest BCUT2D eigenvalue weighted by Crippen LogP contribution is 2.28. The van der Waals surface area contributed by atoms with Crippen LogP contribution in [0.2, 0.25) is 5.02 Å². The van der Waals surface area contributed by atoms with Crippen molar-refractivity contribution in [3.63, 3.8) is 0 Å². The van der Waals surface area contributed by atoms with Gasteiger partial charge in [-0.1, -0.05) is 17.7 Å². The summed E-state index contributed by atoms with van der Waals surface area (Å²) in [4.78, 5) is 8.88. The van der Waals surface area contributed by atoms with E-state index in [1.807, 2.05) is 59.8 Å². The summed E-state index contributed by atoms with van der Waals surface area (Å²) >= 11 is 8.05. The Balaban J connectivity index is 1.97. The standard InChI is InChI=1S/C17H12ClIN2O/c1-10-2-3-11-7-14(4-5-16(11)21-10)20-9-12-6-13(18)8-15(19)17(12)22/h2-9,22H,1H3. The van der Waals surface area contributed by atoms with Crippen molar-refractivity contribution in [2.45, 2.75) is 6.92 Å². The summed E-state index contributed by atoms with van der Waals surface area (Å²) in [6.45, 7) is 1.97. The predicted molar refractivity (Wildman–Crippen MR) is 99.6 cm³/mol. The monoisotopic (exact) mass is 422 g/mol. The number of pyridine rings is 1. The van der Waals surface area contributed by atoms with Crippen molar-refractivity contribution in [2.75, 3.05) is 0 Å². The molecule has 1 N–H and O–H groups in total. The second-order valence-corrected chi connectivity index (χ2v) is 6.51. The molecule has 110 valence electrons.